The van der Waals surface area contributed by atoms with Gasteiger partial charge in [0.1, 0.15) is 16.9 Å². The van der Waals surface area contributed by atoms with Crippen LogP contribution in [-0.4, -0.2) is 53.3 Å². The first-order valence-corrected chi connectivity index (χ1v) is 15.2. The molecule has 1 unspecified atom stereocenters. The molecule has 3 aromatic rings. The predicted molar refractivity (Wildman–Crippen MR) is 150 cm³/mol. The van der Waals surface area contributed by atoms with Gasteiger partial charge in [0.15, 0.2) is 6.23 Å². The van der Waals surface area contributed by atoms with Crippen LogP contribution >= 0.6 is 11.8 Å². The number of hydrogen-bond acceptors (Lipinski definition) is 8. The lowest BCUT2D eigenvalue weighted by atomic mass is 10.1. The Balaban J connectivity index is 1.88. The van der Waals surface area contributed by atoms with Crippen LogP contribution in [0.2, 0.25) is 0 Å². The molecule has 206 valence electrons. The first-order chi connectivity index (χ1) is 18.4. The minimum atomic E-state index is -3.60. The van der Waals surface area contributed by atoms with E-state index in [2.05, 4.69) is 10.0 Å². The van der Waals surface area contributed by atoms with Crippen molar-refractivity contribution in [1.82, 2.24) is 14.0 Å². The third kappa shape index (κ3) is 4.97. The van der Waals surface area contributed by atoms with Gasteiger partial charge in [-0.1, -0.05) is 6.07 Å². The van der Waals surface area contributed by atoms with E-state index >= 15 is 4.39 Å². The quantitative estimate of drug-likeness (QED) is 0.360. The summed E-state index contributed by atoms with van der Waals surface area (Å²) in [6, 6.07) is 10.6. The van der Waals surface area contributed by atoms with Gasteiger partial charge >= 0.3 is 5.69 Å². The highest BCUT2D eigenvalue weighted by atomic mass is 32.2. The van der Waals surface area contributed by atoms with Crippen LogP contribution < -0.4 is 31.9 Å². The number of aliphatic hydroxyl groups is 1. The number of rotatable bonds is 7. The maximum atomic E-state index is 15.0. The van der Waals surface area contributed by atoms with Crippen molar-refractivity contribution in [3.8, 4) is 5.69 Å². The molecule has 1 saturated carbocycles. The zero-order valence-electron chi connectivity index (χ0n) is 21.7. The first-order valence-electron chi connectivity index (χ1n) is 12.1. The number of halogens is 1. The summed E-state index contributed by atoms with van der Waals surface area (Å²) in [6.45, 7) is 1.61. The highest BCUT2D eigenvalue weighted by molar-refractivity contribution is 7.98. The fraction of sp³-hybridized carbons (Fsp3) is 0.308. The fourth-order valence-corrected chi connectivity index (χ4v) is 5.72. The molecule has 5 rings (SSSR count). The van der Waals surface area contributed by atoms with Gasteiger partial charge in [-0.25, -0.2) is 17.6 Å². The van der Waals surface area contributed by atoms with Crippen LogP contribution in [0.4, 0.5) is 15.8 Å². The number of hydrogen-bond donors (Lipinski definition) is 3. The van der Waals surface area contributed by atoms with Gasteiger partial charge in [-0.05, 0) is 62.4 Å². The predicted octanol–water partition coefficient (Wildman–Crippen LogP) is 1.18. The monoisotopic (exact) mass is 573 g/mol. The van der Waals surface area contributed by atoms with Crippen LogP contribution in [-0.2, 0) is 10.0 Å². The highest BCUT2D eigenvalue weighted by Crippen LogP contribution is 2.32. The van der Waals surface area contributed by atoms with Crippen molar-refractivity contribution < 1.29 is 17.9 Å². The standard InChI is InChI=1S/C26H28FN5O5S2/c1-14-22-21(23(30(2)24(14)33)28-20-11-10-18(38-3)13-19(20)27)25(34)32(16-8-9-16)26(35)31(22)17-7-5-6-15(12-17)29-39(4,36)37/h5-7,10-13,16,24,28-29,33H,8-9H2,1-4H3. The molecule has 1 aliphatic heterocycles. The molecule has 13 heteroatoms. The zero-order valence-corrected chi connectivity index (χ0v) is 23.4. The van der Waals surface area contributed by atoms with Crippen molar-refractivity contribution in [2.24, 2.45) is 0 Å². The van der Waals surface area contributed by atoms with Crippen LogP contribution in [0.15, 0.2) is 56.9 Å². The number of nitrogens with one attached hydrogen (secondary N) is 2. The highest BCUT2D eigenvalue weighted by Gasteiger charge is 2.33. The van der Waals surface area contributed by atoms with E-state index in [4.69, 9.17) is 0 Å². The Morgan fingerprint density at radius 3 is 2.46 bits per heavy atom. The molecule has 2 aromatic carbocycles. The number of aromatic nitrogens is 2. The third-order valence-corrected chi connectivity index (χ3v) is 8.09. The molecule has 0 radical (unpaired) electrons. The summed E-state index contributed by atoms with van der Waals surface area (Å²) in [7, 11) is -2.03. The molecule has 1 aliphatic carbocycles. The maximum Gasteiger partial charge on any atom is 0.336 e. The topological polar surface area (TPSA) is 126 Å². The Hall–Kier alpha value is -3.55. The molecule has 0 spiro atoms. The SMILES string of the molecule is CSc1ccc(NC2=c3c(n(-c4cccc(NS(C)(=O)=O)c4)c(=O)n(C4CC4)c3=O)=C(C)C(O)N2C)c(F)c1. The average molecular weight is 574 g/mol. The fourth-order valence-electron chi connectivity index (χ4n) is 4.74. The van der Waals surface area contributed by atoms with Crippen molar-refractivity contribution in [2.45, 2.75) is 36.9 Å². The number of thioether (sulfide) groups is 1. The second-order valence-electron chi connectivity index (χ2n) is 9.66. The van der Waals surface area contributed by atoms with E-state index in [9.17, 15) is 23.1 Å². The molecule has 10 nitrogen and oxygen atoms in total. The Kier molecular flexibility index (Phi) is 6.85. The number of anilines is 2. The summed E-state index contributed by atoms with van der Waals surface area (Å²) in [5, 5.41) is 14.4. The van der Waals surface area contributed by atoms with Crippen molar-refractivity contribution in [1.29, 1.82) is 0 Å². The molecule has 0 saturated heterocycles. The molecule has 2 heterocycles. The molecule has 0 bridgehead atoms. The van der Waals surface area contributed by atoms with Gasteiger partial charge in [0.05, 0.1) is 28.7 Å². The Morgan fingerprint density at radius 2 is 1.85 bits per heavy atom. The average Bonchev–Trinajstić information content (AvgIpc) is 3.70. The Bertz CT molecular complexity index is 1850. The lowest BCUT2D eigenvalue weighted by Gasteiger charge is -2.33. The summed E-state index contributed by atoms with van der Waals surface area (Å²) in [4.78, 5) is 29.9. The van der Waals surface area contributed by atoms with Gasteiger partial charge in [-0.3, -0.25) is 18.7 Å². The zero-order chi connectivity index (χ0) is 28.2. The van der Waals surface area contributed by atoms with Crippen LogP contribution in [0.25, 0.3) is 17.1 Å². The number of nitrogens with zero attached hydrogens (tertiary/aromatic N) is 3. The van der Waals surface area contributed by atoms with E-state index in [0.29, 0.717) is 24.1 Å². The summed E-state index contributed by atoms with van der Waals surface area (Å²) in [5.41, 5.74) is -0.212. The van der Waals surface area contributed by atoms with Crippen LogP contribution in [0, 0.1) is 5.82 Å². The minimum Gasteiger partial charge on any atom is -0.369 e. The second-order valence-corrected chi connectivity index (χ2v) is 12.3. The molecular weight excluding hydrogens is 545 g/mol. The van der Waals surface area contributed by atoms with E-state index in [0.717, 1.165) is 11.2 Å². The van der Waals surface area contributed by atoms with Gasteiger partial charge in [0, 0.05) is 23.6 Å². The number of sulfonamides is 1. The molecule has 1 fully saturated rings. The van der Waals surface area contributed by atoms with E-state index < -0.39 is 33.3 Å². The van der Waals surface area contributed by atoms with Gasteiger partial charge in [0.25, 0.3) is 5.56 Å². The lowest BCUT2D eigenvalue weighted by molar-refractivity contribution is 0.110. The molecule has 3 N–H and O–H groups in total. The smallest absolute Gasteiger partial charge is 0.336 e. The van der Waals surface area contributed by atoms with Crippen molar-refractivity contribution >= 4 is 44.6 Å². The van der Waals surface area contributed by atoms with E-state index in [1.807, 2.05) is 6.26 Å². The van der Waals surface area contributed by atoms with Crippen LogP contribution in [0.1, 0.15) is 25.8 Å². The molecule has 39 heavy (non-hydrogen) atoms. The summed E-state index contributed by atoms with van der Waals surface area (Å²) < 4.78 is 43.6. The Labute approximate surface area is 228 Å². The summed E-state index contributed by atoms with van der Waals surface area (Å²) >= 11 is 1.39. The maximum absolute atomic E-state index is 15.0. The minimum absolute atomic E-state index is 0.0987. The molecule has 1 atom stereocenters. The largest absolute Gasteiger partial charge is 0.369 e. The van der Waals surface area contributed by atoms with Crippen molar-refractivity contribution in [3.05, 3.63) is 79.7 Å². The molecular formula is C26H28FN5O5S2. The number of aliphatic hydroxyl groups excluding tert-OH is 1. The van der Waals surface area contributed by atoms with E-state index in [1.54, 1.807) is 38.2 Å². The molecule has 2 aliphatic rings. The van der Waals surface area contributed by atoms with Gasteiger partial charge in [0.2, 0.25) is 10.0 Å². The molecule has 0 amide bonds. The Morgan fingerprint density at radius 1 is 1.13 bits per heavy atom. The van der Waals surface area contributed by atoms with Gasteiger partial charge in [-0.2, -0.15) is 0 Å². The third-order valence-electron chi connectivity index (χ3n) is 6.76. The normalized spacial score (nSPS) is 17.3. The van der Waals surface area contributed by atoms with E-state index in [-0.39, 0.29) is 33.8 Å². The van der Waals surface area contributed by atoms with E-state index in [1.165, 1.54) is 44.0 Å². The van der Waals surface area contributed by atoms with Crippen molar-refractivity contribution in [2.75, 3.05) is 29.6 Å². The van der Waals surface area contributed by atoms with Gasteiger partial charge in [-0.15, -0.1) is 11.8 Å². The van der Waals surface area contributed by atoms with Gasteiger partial charge < -0.3 is 15.3 Å². The number of fused-ring (bicyclic) bond motifs is 1. The van der Waals surface area contributed by atoms with Crippen LogP contribution in [0.5, 0.6) is 0 Å². The van der Waals surface area contributed by atoms with Crippen molar-refractivity contribution in [3.63, 3.8) is 0 Å². The second kappa shape index (κ2) is 9.88. The summed E-state index contributed by atoms with van der Waals surface area (Å²) in [6.07, 6.45) is 2.91. The lowest BCUT2D eigenvalue weighted by Crippen LogP contribution is -2.64. The first kappa shape index (κ1) is 27.0. The van der Waals surface area contributed by atoms with Crippen LogP contribution in [0.3, 0.4) is 0 Å². The molecule has 1 aromatic heterocycles. The number of benzene rings is 2. The summed E-state index contributed by atoms with van der Waals surface area (Å²) in [5.74, 6) is -0.405.